The third kappa shape index (κ3) is 4.78. The third-order valence-electron chi connectivity index (χ3n) is 0.604. The lowest BCUT2D eigenvalue weighted by molar-refractivity contribution is -0.142. The van der Waals surface area contributed by atoms with E-state index in [4.69, 9.17) is 11.0 Å². The van der Waals surface area contributed by atoms with Gasteiger partial charge in [-0.15, -0.1) is 0 Å². The Balaban J connectivity index is 3.19. The number of nitrogens with two attached hydrogens (primary N) is 1. The molecular weight excluding hydrogens is 120 g/mol. The fourth-order valence-electron chi connectivity index (χ4n) is 0.288. The largest absolute Gasteiger partial charge is 0.464 e. The number of nitrogens with zero attached hydrogens (tertiary/aromatic N) is 1. The molecule has 0 heterocycles. The highest BCUT2D eigenvalue weighted by Crippen LogP contribution is 1.81. The summed E-state index contributed by atoms with van der Waals surface area (Å²) in [5.74, 6) is -0.511. The summed E-state index contributed by atoms with van der Waals surface area (Å²) in [4.78, 5) is 10.3. The van der Waals surface area contributed by atoms with Crippen LogP contribution in [0.4, 0.5) is 0 Å². The van der Waals surface area contributed by atoms with Gasteiger partial charge < -0.3 is 10.5 Å². The molecule has 0 spiro atoms. The summed E-state index contributed by atoms with van der Waals surface area (Å²) in [7, 11) is 0. The Bertz CT molecular complexity index is 127. The molecule has 0 aliphatic heterocycles. The predicted octanol–water partition coefficient (Wildman–Crippen LogP) is -0.598. The molecule has 9 heavy (non-hydrogen) atoms. The van der Waals surface area contributed by atoms with Gasteiger partial charge in [-0.25, -0.2) is 0 Å². The topological polar surface area (TPSA) is 76.1 Å². The van der Waals surface area contributed by atoms with Crippen LogP contribution in [0.1, 0.15) is 6.42 Å². The fraction of sp³-hybridized carbons (Fsp3) is 0.600. The molecule has 0 aromatic rings. The Labute approximate surface area is 53.2 Å². The van der Waals surface area contributed by atoms with Gasteiger partial charge in [0.15, 0.2) is 0 Å². The number of rotatable bonds is 3. The Hall–Kier alpha value is -1.08. The summed E-state index contributed by atoms with van der Waals surface area (Å²) < 4.78 is 4.45. The third-order valence-corrected chi connectivity index (χ3v) is 0.604. The molecule has 0 bridgehead atoms. The van der Waals surface area contributed by atoms with Crippen LogP contribution in [0.3, 0.4) is 0 Å². The molecule has 4 nitrogen and oxygen atoms in total. The number of esters is 1. The van der Waals surface area contributed by atoms with Gasteiger partial charge in [-0.1, -0.05) is 0 Å². The molecule has 0 amide bonds. The van der Waals surface area contributed by atoms with E-state index in [0.29, 0.717) is 6.54 Å². The van der Waals surface area contributed by atoms with Crippen LogP contribution >= 0.6 is 0 Å². The molecule has 0 atom stereocenters. The Morgan fingerprint density at radius 1 is 1.78 bits per heavy atom. The summed E-state index contributed by atoms with van der Waals surface area (Å²) in [5.41, 5.74) is 5.01. The van der Waals surface area contributed by atoms with Crippen molar-refractivity contribution in [2.45, 2.75) is 6.42 Å². The van der Waals surface area contributed by atoms with Crippen molar-refractivity contribution in [1.82, 2.24) is 0 Å². The standard InChI is InChI=1S/C5H8N2O2/c6-2-1-5(8)9-4-3-7/h1,3-4,7H2. The fourth-order valence-corrected chi connectivity index (χ4v) is 0.288. The number of hydrogen-bond donors (Lipinski definition) is 1. The van der Waals surface area contributed by atoms with Crippen molar-refractivity contribution < 1.29 is 9.53 Å². The average molecular weight is 128 g/mol. The van der Waals surface area contributed by atoms with Crippen molar-refractivity contribution in [1.29, 1.82) is 5.26 Å². The minimum Gasteiger partial charge on any atom is -0.464 e. The van der Waals surface area contributed by atoms with E-state index in [1.54, 1.807) is 6.07 Å². The van der Waals surface area contributed by atoms with E-state index in [2.05, 4.69) is 4.74 Å². The number of carbonyl (C=O) groups is 1. The van der Waals surface area contributed by atoms with Crippen LogP contribution in [0, 0.1) is 11.3 Å². The molecule has 0 saturated heterocycles. The van der Waals surface area contributed by atoms with E-state index in [1.165, 1.54) is 0 Å². The van der Waals surface area contributed by atoms with Crippen LogP contribution in [0.5, 0.6) is 0 Å². The number of nitriles is 1. The monoisotopic (exact) mass is 128 g/mol. The highest BCUT2D eigenvalue weighted by molar-refractivity contribution is 5.71. The van der Waals surface area contributed by atoms with Crippen molar-refractivity contribution in [3.05, 3.63) is 0 Å². The van der Waals surface area contributed by atoms with Gasteiger partial charge in [-0.3, -0.25) is 4.79 Å². The predicted molar refractivity (Wildman–Crippen MR) is 30.2 cm³/mol. The van der Waals surface area contributed by atoms with E-state index < -0.39 is 5.97 Å². The lowest BCUT2D eigenvalue weighted by Gasteiger charge is -1.96. The second kappa shape index (κ2) is 5.06. The zero-order valence-corrected chi connectivity index (χ0v) is 4.96. The smallest absolute Gasteiger partial charge is 0.320 e. The second-order valence-corrected chi connectivity index (χ2v) is 1.34. The molecule has 50 valence electrons. The van der Waals surface area contributed by atoms with Crippen LogP contribution in [0.25, 0.3) is 0 Å². The minimum atomic E-state index is -0.511. The van der Waals surface area contributed by atoms with Crippen LogP contribution in [-0.2, 0) is 9.53 Å². The quantitative estimate of drug-likeness (QED) is 0.515. The molecule has 0 aromatic carbocycles. The first-order valence-corrected chi connectivity index (χ1v) is 2.54. The molecule has 4 heteroatoms. The van der Waals surface area contributed by atoms with Crippen molar-refractivity contribution >= 4 is 5.97 Å². The van der Waals surface area contributed by atoms with E-state index in [1.807, 2.05) is 0 Å². The van der Waals surface area contributed by atoms with Gasteiger partial charge in [-0.2, -0.15) is 5.26 Å². The molecule has 0 aliphatic carbocycles. The van der Waals surface area contributed by atoms with Gasteiger partial charge in [-0.05, 0) is 0 Å². The maximum absolute atomic E-state index is 10.3. The molecule has 2 N–H and O–H groups in total. The summed E-state index contributed by atoms with van der Waals surface area (Å²) in [6, 6.07) is 1.66. The number of hydrogen-bond acceptors (Lipinski definition) is 4. The van der Waals surface area contributed by atoms with Gasteiger partial charge in [0, 0.05) is 6.54 Å². The van der Waals surface area contributed by atoms with Crippen LogP contribution in [0.15, 0.2) is 0 Å². The average Bonchev–Trinajstić information content (AvgIpc) is 1.85. The molecule has 0 fully saturated rings. The van der Waals surface area contributed by atoms with E-state index in [9.17, 15) is 4.79 Å². The van der Waals surface area contributed by atoms with Crippen LogP contribution < -0.4 is 5.73 Å². The molecular formula is C5H8N2O2. The molecule has 0 radical (unpaired) electrons. The normalized spacial score (nSPS) is 8.00. The first-order valence-electron chi connectivity index (χ1n) is 2.54. The Morgan fingerprint density at radius 3 is 2.89 bits per heavy atom. The van der Waals surface area contributed by atoms with Gasteiger partial charge >= 0.3 is 5.97 Å². The van der Waals surface area contributed by atoms with E-state index >= 15 is 0 Å². The lowest BCUT2D eigenvalue weighted by atomic mass is 10.5. The highest BCUT2D eigenvalue weighted by atomic mass is 16.5. The number of carbonyl (C=O) groups excluding carboxylic acids is 1. The molecule has 0 unspecified atom stereocenters. The maximum Gasteiger partial charge on any atom is 0.320 e. The molecule has 0 saturated carbocycles. The van der Waals surface area contributed by atoms with Crippen molar-refractivity contribution in [2.24, 2.45) is 5.73 Å². The molecule has 0 aliphatic rings. The van der Waals surface area contributed by atoms with Crippen molar-refractivity contribution in [3.63, 3.8) is 0 Å². The summed E-state index contributed by atoms with van der Waals surface area (Å²) >= 11 is 0. The van der Waals surface area contributed by atoms with Gasteiger partial charge in [0.25, 0.3) is 0 Å². The molecule has 0 rings (SSSR count). The molecule has 0 aromatic heterocycles. The summed E-state index contributed by atoms with van der Waals surface area (Å²) in [6.07, 6.45) is -0.194. The zero-order valence-electron chi connectivity index (χ0n) is 4.96. The van der Waals surface area contributed by atoms with Crippen molar-refractivity contribution in [3.8, 4) is 6.07 Å². The maximum atomic E-state index is 10.3. The van der Waals surface area contributed by atoms with Gasteiger partial charge in [0.2, 0.25) is 0 Å². The van der Waals surface area contributed by atoms with Crippen LogP contribution in [-0.4, -0.2) is 19.1 Å². The zero-order chi connectivity index (χ0) is 7.11. The first-order chi connectivity index (χ1) is 4.31. The highest BCUT2D eigenvalue weighted by Gasteiger charge is 1.97. The Morgan fingerprint density at radius 2 is 2.44 bits per heavy atom. The first kappa shape index (κ1) is 7.92. The van der Waals surface area contributed by atoms with Gasteiger partial charge in [0.05, 0.1) is 6.07 Å². The summed E-state index contributed by atoms with van der Waals surface area (Å²) in [6.45, 7) is 0.498. The summed E-state index contributed by atoms with van der Waals surface area (Å²) in [5, 5.41) is 7.95. The minimum absolute atomic E-state index is 0.194. The Kier molecular flexibility index (Phi) is 4.46. The second-order valence-electron chi connectivity index (χ2n) is 1.34. The lowest BCUT2D eigenvalue weighted by Crippen LogP contribution is -2.12. The van der Waals surface area contributed by atoms with Crippen LogP contribution in [0.2, 0.25) is 0 Å². The van der Waals surface area contributed by atoms with Crippen molar-refractivity contribution in [2.75, 3.05) is 13.2 Å². The van der Waals surface area contributed by atoms with Gasteiger partial charge in [0.1, 0.15) is 13.0 Å². The van der Waals surface area contributed by atoms with E-state index in [-0.39, 0.29) is 13.0 Å². The van der Waals surface area contributed by atoms with E-state index in [0.717, 1.165) is 0 Å². The number of ether oxygens (including phenoxy) is 1. The SMILES string of the molecule is N#CCC(=O)OCCN.